The highest BCUT2D eigenvalue weighted by molar-refractivity contribution is 7.80. The predicted molar refractivity (Wildman–Crippen MR) is 100 cm³/mol. The van der Waals surface area contributed by atoms with Gasteiger partial charge in [0, 0.05) is 10.6 Å². The Labute approximate surface area is 149 Å². The first kappa shape index (κ1) is 16.3. The van der Waals surface area contributed by atoms with E-state index in [1.807, 2.05) is 49.4 Å². The molecule has 0 atom stereocenters. The van der Waals surface area contributed by atoms with Crippen LogP contribution >= 0.6 is 23.8 Å². The number of azo groups is 1. The monoisotopic (exact) mass is 355 g/mol. The number of nitrogens with two attached hydrogens (primary N) is 1. The van der Waals surface area contributed by atoms with Crippen LogP contribution in [0.15, 0.2) is 64.8 Å². The van der Waals surface area contributed by atoms with E-state index in [0.717, 1.165) is 5.56 Å². The first-order valence-electron chi connectivity index (χ1n) is 7.18. The van der Waals surface area contributed by atoms with Crippen molar-refractivity contribution in [3.05, 3.63) is 65.3 Å². The van der Waals surface area contributed by atoms with Crippen LogP contribution in [0.3, 0.4) is 0 Å². The lowest BCUT2D eigenvalue weighted by molar-refractivity contribution is 0.923. The number of nitrogens with zero attached hydrogens (tertiary/aromatic N) is 4. The van der Waals surface area contributed by atoms with Crippen LogP contribution in [0.4, 0.5) is 11.4 Å². The average molecular weight is 356 g/mol. The molecule has 5 nitrogen and oxygen atoms in total. The van der Waals surface area contributed by atoms with Gasteiger partial charge >= 0.3 is 0 Å². The van der Waals surface area contributed by atoms with Gasteiger partial charge in [0.2, 0.25) is 0 Å². The highest BCUT2D eigenvalue weighted by atomic mass is 35.5. The van der Waals surface area contributed by atoms with Crippen LogP contribution in [-0.4, -0.2) is 14.9 Å². The molecule has 0 spiro atoms. The van der Waals surface area contributed by atoms with Crippen LogP contribution in [0, 0.1) is 6.92 Å². The van der Waals surface area contributed by atoms with Crippen LogP contribution in [0.1, 0.15) is 5.69 Å². The molecular formula is C17H14ClN5S. The molecule has 0 aliphatic heterocycles. The summed E-state index contributed by atoms with van der Waals surface area (Å²) in [5, 5.41) is 13.8. The van der Waals surface area contributed by atoms with Crippen molar-refractivity contribution in [1.82, 2.24) is 9.78 Å². The minimum absolute atomic E-state index is 0.154. The van der Waals surface area contributed by atoms with Crippen LogP contribution < -0.4 is 5.73 Å². The van der Waals surface area contributed by atoms with Gasteiger partial charge in [-0.05, 0) is 37.3 Å². The molecule has 120 valence electrons. The quantitative estimate of drug-likeness (QED) is 0.529. The van der Waals surface area contributed by atoms with Crippen molar-refractivity contribution in [1.29, 1.82) is 0 Å². The third kappa shape index (κ3) is 3.34. The van der Waals surface area contributed by atoms with Crippen LogP contribution in [-0.2, 0) is 0 Å². The van der Waals surface area contributed by atoms with Gasteiger partial charge in [-0.2, -0.15) is 10.2 Å². The summed E-state index contributed by atoms with van der Waals surface area (Å²) in [7, 11) is 0. The topological polar surface area (TPSA) is 68.6 Å². The van der Waals surface area contributed by atoms with E-state index in [4.69, 9.17) is 29.6 Å². The predicted octanol–water partition coefficient (Wildman–Crippen LogP) is 5.02. The fraction of sp³-hybridized carbons (Fsp3) is 0.0588. The van der Waals surface area contributed by atoms with E-state index in [2.05, 4.69) is 15.3 Å². The molecule has 3 rings (SSSR count). The highest BCUT2D eigenvalue weighted by Crippen LogP contribution is 2.34. The second kappa shape index (κ2) is 6.90. The van der Waals surface area contributed by atoms with E-state index >= 15 is 0 Å². The number of aromatic nitrogens is 2. The van der Waals surface area contributed by atoms with E-state index in [1.54, 1.807) is 12.1 Å². The van der Waals surface area contributed by atoms with E-state index in [1.165, 1.54) is 4.68 Å². The number of thiocarbonyl (C=S) groups is 1. The molecule has 3 aromatic rings. The molecule has 0 aliphatic rings. The van der Waals surface area contributed by atoms with Crippen LogP contribution in [0.5, 0.6) is 0 Å². The Kier molecular flexibility index (Phi) is 4.69. The maximum atomic E-state index is 5.98. The van der Waals surface area contributed by atoms with Crippen molar-refractivity contribution in [2.45, 2.75) is 6.92 Å². The molecule has 0 unspecified atom stereocenters. The van der Waals surface area contributed by atoms with Crippen LogP contribution in [0.25, 0.3) is 11.3 Å². The molecule has 2 N–H and O–H groups in total. The van der Waals surface area contributed by atoms with Crippen molar-refractivity contribution < 1.29 is 0 Å². The molecule has 0 aliphatic carbocycles. The summed E-state index contributed by atoms with van der Waals surface area (Å²) in [5.74, 6) is 0. The lowest BCUT2D eigenvalue weighted by atomic mass is 10.1. The van der Waals surface area contributed by atoms with E-state index in [0.29, 0.717) is 27.8 Å². The Morgan fingerprint density at radius 3 is 2.54 bits per heavy atom. The van der Waals surface area contributed by atoms with Gasteiger partial charge in [-0.25, -0.2) is 4.68 Å². The molecule has 0 fully saturated rings. The summed E-state index contributed by atoms with van der Waals surface area (Å²) in [6, 6.07) is 16.9. The zero-order chi connectivity index (χ0) is 17.1. The van der Waals surface area contributed by atoms with Crippen molar-refractivity contribution in [3.8, 4) is 11.3 Å². The Balaban J connectivity index is 2.12. The summed E-state index contributed by atoms with van der Waals surface area (Å²) in [4.78, 5) is 0. The number of halogens is 1. The number of rotatable bonds is 3. The molecular weight excluding hydrogens is 342 g/mol. The smallest absolute Gasteiger partial charge is 0.191 e. The van der Waals surface area contributed by atoms with Gasteiger partial charge in [0.05, 0.1) is 11.4 Å². The summed E-state index contributed by atoms with van der Waals surface area (Å²) in [5.41, 5.74) is 9.39. The maximum absolute atomic E-state index is 5.98. The molecule has 1 heterocycles. The van der Waals surface area contributed by atoms with E-state index in [-0.39, 0.29) is 5.11 Å². The number of hydrogen-bond acceptors (Lipinski definition) is 4. The standard InChI is InChI=1S/C17H14ClN5S/c1-11-15(21-20-14-9-5-8-13(18)10-14)16(23(22-11)17(19)24)12-6-3-2-4-7-12/h2-10H,1H3,(H2,19,24). The van der Waals surface area contributed by atoms with Gasteiger partial charge < -0.3 is 5.73 Å². The Bertz CT molecular complexity index is 918. The first-order chi connectivity index (χ1) is 11.6. The second-order valence-corrected chi connectivity index (χ2v) is 5.93. The molecule has 24 heavy (non-hydrogen) atoms. The van der Waals surface area contributed by atoms with Crippen molar-refractivity contribution in [3.63, 3.8) is 0 Å². The molecule has 7 heteroatoms. The first-order valence-corrected chi connectivity index (χ1v) is 7.97. The van der Waals surface area contributed by atoms with Crippen molar-refractivity contribution >= 4 is 40.3 Å². The molecule has 0 radical (unpaired) electrons. The zero-order valence-electron chi connectivity index (χ0n) is 12.8. The normalized spacial score (nSPS) is 11.1. The fourth-order valence-corrected chi connectivity index (χ4v) is 2.62. The fourth-order valence-electron chi connectivity index (χ4n) is 2.30. The number of aryl methyl sites for hydroxylation is 1. The van der Waals surface area contributed by atoms with Crippen LogP contribution in [0.2, 0.25) is 5.02 Å². The molecule has 0 bridgehead atoms. The van der Waals surface area contributed by atoms with Gasteiger partial charge in [0.25, 0.3) is 0 Å². The zero-order valence-corrected chi connectivity index (χ0v) is 14.4. The molecule has 0 amide bonds. The second-order valence-electron chi connectivity index (χ2n) is 5.08. The Morgan fingerprint density at radius 2 is 1.88 bits per heavy atom. The molecule has 0 saturated heterocycles. The Morgan fingerprint density at radius 1 is 1.12 bits per heavy atom. The third-order valence-corrected chi connectivity index (χ3v) is 3.77. The third-order valence-electron chi connectivity index (χ3n) is 3.36. The Hall–Kier alpha value is -2.57. The van der Waals surface area contributed by atoms with Crippen molar-refractivity contribution in [2.75, 3.05) is 0 Å². The molecule has 2 aromatic carbocycles. The van der Waals surface area contributed by atoms with E-state index < -0.39 is 0 Å². The lowest BCUT2D eigenvalue weighted by Crippen LogP contribution is -2.21. The number of hydrogen-bond donors (Lipinski definition) is 1. The lowest BCUT2D eigenvalue weighted by Gasteiger charge is -2.05. The van der Waals surface area contributed by atoms with Gasteiger partial charge in [0.15, 0.2) is 5.11 Å². The average Bonchev–Trinajstić information content (AvgIpc) is 2.91. The summed E-state index contributed by atoms with van der Waals surface area (Å²) in [6.07, 6.45) is 0. The maximum Gasteiger partial charge on any atom is 0.191 e. The van der Waals surface area contributed by atoms with Gasteiger partial charge in [-0.1, -0.05) is 48.0 Å². The van der Waals surface area contributed by atoms with Gasteiger partial charge in [-0.15, -0.1) is 5.11 Å². The molecule has 0 saturated carbocycles. The number of benzene rings is 2. The largest absolute Gasteiger partial charge is 0.374 e. The SMILES string of the molecule is Cc1nn(C(N)=S)c(-c2ccccc2)c1N=Nc1cccc(Cl)c1. The highest BCUT2D eigenvalue weighted by Gasteiger charge is 2.18. The summed E-state index contributed by atoms with van der Waals surface area (Å²) < 4.78 is 1.51. The van der Waals surface area contributed by atoms with Gasteiger partial charge in [-0.3, -0.25) is 0 Å². The summed E-state index contributed by atoms with van der Waals surface area (Å²) >= 11 is 11.1. The van der Waals surface area contributed by atoms with E-state index in [9.17, 15) is 0 Å². The van der Waals surface area contributed by atoms with Crippen molar-refractivity contribution in [2.24, 2.45) is 16.0 Å². The minimum atomic E-state index is 0.154. The van der Waals surface area contributed by atoms with Gasteiger partial charge in [0.1, 0.15) is 11.4 Å². The summed E-state index contributed by atoms with van der Waals surface area (Å²) in [6.45, 7) is 1.84. The minimum Gasteiger partial charge on any atom is -0.374 e. The molecule has 1 aromatic heterocycles.